The van der Waals surface area contributed by atoms with E-state index < -0.39 is 48.4 Å². The third kappa shape index (κ3) is 12.5. The number of aliphatic carboxylic acids is 1. The summed E-state index contributed by atoms with van der Waals surface area (Å²) in [5.41, 5.74) is 16.1. The fraction of sp³-hybridized carbons (Fsp3) is 0.688. The molecule has 0 aliphatic heterocycles. The molecule has 166 valence electrons. The Hall–Kier alpha value is -2.54. The normalized spacial score (nSPS) is 13.5. The van der Waals surface area contributed by atoms with E-state index in [1.807, 2.05) is 6.26 Å². The SMILES string of the molecule is CSCC[C@H](NC(=O)[C@H](CCCN=C(N)N)NC(=O)[C@H](C)N)C(=O)NCC(=O)O. The van der Waals surface area contributed by atoms with E-state index in [1.165, 1.54) is 18.7 Å². The van der Waals surface area contributed by atoms with E-state index in [1.54, 1.807) is 0 Å². The van der Waals surface area contributed by atoms with Gasteiger partial charge >= 0.3 is 5.97 Å². The minimum Gasteiger partial charge on any atom is -0.480 e. The van der Waals surface area contributed by atoms with Crippen molar-refractivity contribution in [3.63, 3.8) is 0 Å². The molecule has 0 fully saturated rings. The Morgan fingerprint density at radius 2 is 1.62 bits per heavy atom. The lowest BCUT2D eigenvalue weighted by molar-refractivity contribution is -0.138. The Bertz CT molecular complexity index is 596. The lowest BCUT2D eigenvalue weighted by Crippen LogP contribution is -2.55. The van der Waals surface area contributed by atoms with Crippen LogP contribution in [0.4, 0.5) is 0 Å². The number of carboxylic acid groups (broad SMARTS) is 1. The van der Waals surface area contributed by atoms with Crippen LogP contribution in [0, 0.1) is 0 Å². The van der Waals surface area contributed by atoms with Crippen molar-refractivity contribution in [1.29, 1.82) is 0 Å². The van der Waals surface area contributed by atoms with Crippen molar-refractivity contribution < 1.29 is 24.3 Å². The van der Waals surface area contributed by atoms with Crippen LogP contribution in [0.1, 0.15) is 26.2 Å². The highest BCUT2D eigenvalue weighted by molar-refractivity contribution is 7.98. The Balaban J connectivity index is 5.14. The number of carbonyl (C=O) groups is 4. The van der Waals surface area contributed by atoms with Crippen molar-refractivity contribution in [2.45, 2.75) is 44.3 Å². The fourth-order valence-corrected chi connectivity index (χ4v) is 2.61. The molecule has 0 aliphatic rings. The molecule has 0 saturated carbocycles. The number of thioether (sulfide) groups is 1. The minimum absolute atomic E-state index is 0.0853. The van der Waals surface area contributed by atoms with E-state index in [0.29, 0.717) is 18.6 Å². The molecule has 3 amide bonds. The van der Waals surface area contributed by atoms with Crippen LogP contribution in [0.3, 0.4) is 0 Å². The maximum absolute atomic E-state index is 12.7. The molecule has 0 aromatic heterocycles. The van der Waals surface area contributed by atoms with Gasteiger partial charge in [-0.1, -0.05) is 0 Å². The lowest BCUT2D eigenvalue weighted by atomic mass is 10.1. The van der Waals surface area contributed by atoms with E-state index in [2.05, 4.69) is 20.9 Å². The first kappa shape index (κ1) is 26.5. The predicted molar refractivity (Wildman–Crippen MR) is 111 cm³/mol. The molecule has 0 bridgehead atoms. The monoisotopic (exact) mass is 433 g/mol. The third-order valence-electron chi connectivity index (χ3n) is 3.65. The molecule has 13 heteroatoms. The number of nitrogens with one attached hydrogen (secondary N) is 3. The summed E-state index contributed by atoms with van der Waals surface area (Å²) in [7, 11) is 0. The van der Waals surface area contributed by atoms with Crippen molar-refractivity contribution in [2.24, 2.45) is 22.2 Å². The minimum atomic E-state index is -1.20. The van der Waals surface area contributed by atoms with Crippen molar-refractivity contribution in [2.75, 3.05) is 25.1 Å². The van der Waals surface area contributed by atoms with Crippen LogP contribution in [0.15, 0.2) is 4.99 Å². The number of nitrogens with zero attached hydrogens (tertiary/aromatic N) is 1. The van der Waals surface area contributed by atoms with Crippen molar-refractivity contribution >= 4 is 41.4 Å². The van der Waals surface area contributed by atoms with Gasteiger partial charge < -0.3 is 38.3 Å². The summed E-state index contributed by atoms with van der Waals surface area (Å²) < 4.78 is 0. The quantitative estimate of drug-likeness (QED) is 0.0861. The molecule has 0 heterocycles. The smallest absolute Gasteiger partial charge is 0.322 e. The Morgan fingerprint density at radius 3 is 2.14 bits per heavy atom. The molecule has 10 N–H and O–H groups in total. The number of amides is 3. The number of rotatable bonds is 14. The molecule has 29 heavy (non-hydrogen) atoms. The Morgan fingerprint density at radius 1 is 1.03 bits per heavy atom. The first-order valence-electron chi connectivity index (χ1n) is 8.98. The average Bonchev–Trinajstić information content (AvgIpc) is 2.64. The van der Waals surface area contributed by atoms with Gasteiger partial charge in [-0.2, -0.15) is 11.8 Å². The van der Waals surface area contributed by atoms with Gasteiger partial charge in [0.25, 0.3) is 0 Å². The van der Waals surface area contributed by atoms with Crippen LogP contribution in [-0.4, -0.2) is 78.0 Å². The summed E-state index contributed by atoms with van der Waals surface area (Å²) in [4.78, 5) is 51.3. The zero-order valence-electron chi connectivity index (χ0n) is 16.6. The van der Waals surface area contributed by atoms with Gasteiger partial charge in [0.15, 0.2) is 5.96 Å². The van der Waals surface area contributed by atoms with Gasteiger partial charge in [-0.25, -0.2) is 0 Å². The molecule has 0 aliphatic carbocycles. The number of guanidine groups is 1. The van der Waals surface area contributed by atoms with E-state index in [0.717, 1.165) is 0 Å². The molecule has 0 aromatic rings. The third-order valence-corrected chi connectivity index (χ3v) is 4.29. The zero-order chi connectivity index (χ0) is 22.4. The maximum atomic E-state index is 12.7. The highest BCUT2D eigenvalue weighted by atomic mass is 32.2. The number of nitrogens with two attached hydrogens (primary N) is 3. The number of aliphatic imine (C=N–C) groups is 1. The molecule has 0 saturated heterocycles. The zero-order valence-corrected chi connectivity index (χ0v) is 17.5. The fourth-order valence-electron chi connectivity index (χ4n) is 2.14. The maximum Gasteiger partial charge on any atom is 0.322 e. The molecule has 3 atom stereocenters. The summed E-state index contributed by atoms with van der Waals surface area (Å²) >= 11 is 1.47. The van der Waals surface area contributed by atoms with Gasteiger partial charge in [0.05, 0.1) is 6.04 Å². The molecular weight excluding hydrogens is 402 g/mol. The predicted octanol–water partition coefficient (Wildman–Crippen LogP) is -2.69. The molecule has 0 unspecified atom stereocenters. The lowest BCUT2D eigenvalue weighted by Gasteiger charge is -2.23. The van der Waals surface area contributed by atoms with E-state index in [4.69, 9.17) is 22.3 Å². The second-order valence-electron chi connectivity index (χ2n) is 6.25. The van der Waals surface area contributed by atoms with Crippen LogP contribution in [0.5, 0.6) is 0 Å². The van der Waals surface area contributed by atoms with Gasteiger partial charge in [0.2, 0.25) is 17.7 Å². The van der Waals surface area contributed by atoms with Crippen LogP contribution in [0.25, 0.3) is 0 Å². The van der Waals surface area contributed by atoms with Gasteiger partial charge in [0, 0.05) is 6.54 Å². The molecular formula is C16H31N7O5S. The van der Waals surface area contributed by atoms with Crippen LogP contribution in [0.2, 0.25) is 0 Å². The number of hydrogen-bond acceptors (Lipinski definition) is 7. The summed E-state index contributed by atoms with van der Waals surface area (Å²) in [6.45, 7) is 1.17. The van der Waals surface area contributed by atoms with Crippen molar-refractivity contribution in [3.05, 3.63) is 0 Å². The first-order chi connectivity index (χ1) is 13.6. The average molecular weight is 434 g/mol. The number of carbonyl (C=O) groups excluding carboxylic acids is 3. The van der Waals surface area contributed by atoms with E-state index >= 15 is 0 Å². The van der Waals surface area contributed by atoms with E-state index in [-0.39, 0.29) is 18.9 Å². The second kappa shape index (κ2) is 14.5. The summed E-state index contributed by atoms with van der Waals surface area (Å²) in [5, 5.41) is 16.1. The van der Waals surface area contributed by atoms with Crippen LogP contribution < -0.4 is 33.2 Å². The van der Waals surface area contributed by atoms with Crippen molar-refractivity contribution in [3.8, 4) is 0 Å². The summed E-state index contributed by atoms with van der Waals surface area (Å²) in [5.74, 6) is -2.45. The van der Waals surface area contributed by atoms with Gasteiger partial charge in [-0.05, 0) is 38.2 Å². The first-order valence-corrected chi connectivity index (χ1v) is 10.4. The summed E-state index contributed by atoms with van der Waals surface area (Å²) in [6.07, 6.45) is 2.74. The molecule has 0 spiro atoms. The standard InChI is InChI=1S/C16H31N7O5S/c1-9(17)13(26)22-10(4-3-6-20-16(18)19)15(28)23-11(5-7-29-2)14(27)21-8-12(24)25/h9-11H,3-8,17H2,1-2H3,(H,21,27)(H,22,26)(H,23,28)(H,24,25)(H4,18,19,20)/t9-,10-,11-/m0/s1. The van der Waals surface area contributed by atoms with Crippen molar-refractivity contribution in [1.82, 2.24) is 16.0 Å². The van der Waals surface area contributed by atoms with Gasteiger partial charge in [0.1, 0.15) is 18.6 Å². The van der Waals surface area contributed by atoms with Crippen LogP contribution >= 0.6 is 11.8 Å². The van der Waals surface area contributed by atoms with E-state index in [9.17, 15) is 19.2 Å². The molecule has 0 aromatic carbocycles. The Kier molecular flexibility index (Phi) is 13.2. The molecule has 0 rings (SSSR count). The number of hydrogen-bond donors (Lipinski definition) is 7. The molecule has 12 nitrogen and oxygen atoms in total. The number of carboxylic acids is 1. The second-order valence-corrected chi connectivity index (χ2v) is 7.24. The summed E-state index contributed by atoms with van der Waals surface area (Å²) in [6, 6.07) is -2.72. The Labute approximate surface area is 173 Å². The topological polar surface area (TPSA) is 215 Å². The highest BCUT2D eigenvalue weighted by Gasteiger charge is 2.27. The van der Waals surface area contributed by atoms with Gasteiger partial charge in [-0.15, -0.1) is 0 Å². The molecule has 0 radical (unpaired) electrons. The van der Waals surface area contributed by atoms with Gasteiger partial charge in [-0.3, -0.25) is 24.2 Å². The highest BCUT2D eigenvalue weighted by Crippen LogP contribution is 2.04. The largest absolute Gasteiger partial charge is 0.480 e. The van der Waals surface area contributed by atoms with Crippen LogP contribution in [-0.2, 0) is 19.2 Å².